The van der Waals surface area contributed by atoms with Crippen LogP contribution in [0.1, 0.15) is 56.9 Å². The Balaban J connectivity index is 1.64. The van der Waals surface area contributed by atoms with E-state index in [1.807, 2.05) is 41.0 Å². The summed E-state index contributed by atoms with van der Waals surface area (Å²) in [6.07, 6.45) is 9.17. The molecule has 1 aliphatic heterocycles. The highest BCUT2D eigenvalue weighted by Crippen LogP contribution is 2.19. The van der Waals surface area contributed by atoms with E-state index >= 15 is 0 Å². The van der Waals surface area contributed by atoms with Crippen LogP contribution in [0, 0.1) is 6.92 Å². The van der Waals surface area contributed by atoms with Crippen molar-refractivity contribution in [1.82, 2.24) is 10.2 Å². The summed E-state index contributed by atoms with van der Waals surface area (Å²) in [5, 5.41) is 3.18. The summed E-state index contributed by atoms with van der Waals surface area (Å²) in [6, 6.07) is 8.38. The molecule has 1 N–H and O–H groups in total. The van der Waals surface area contributed by atoms with E-state index < -0.39 is 0 Å². The minimum atomic E-state index is 0.0221. The molecular weight excluding hydrogens is 338 g/mol. The summed E-state index contributed by atoms with van der Waals surface area (Å²) < 4.78 is 0. The fourth-order valence-electron chi connectivity index (χ4n) is 4.09. The average Bonchev–Trinajstić information content (AvgIpc) is 2.69. The normalized spacial score (nSPS) is 18.2. The lowest BCUT2D eigenvalue weighted by Crippen LogP contribution is -2.47. The van der Waals surface area contributed by atoms with Crippen LogP contribution in [-0.2, 0) is 9.59 Å². The van der Waals surface area contributed by atoms with Gasteiger partial charge in [0.2, 0.25) is 11.8 Å². The number of piperidine rings is 1. The van der Waals surface area contributed by atoms with Crippen LogP contribution in [0.15, 0.2) is 24.3 Å². The summed E-state index contributed by atoms with van der Waals surface area (Å²) in [6.45, 7) is 4.23. The Morgan fingerprint density at radius 3 is 2.26 bits per heavy atom. The number of benzene rings is 1. The number of carbonyl (C=O) groups excluding carboxylic acids is 2. The zero-order valence-electron chi connectivity index (χ0n) is 16.6. The molecule has 0 bridgehead atoms. The first kappa shape index (κ1) is 19.7. The lowest BCUT2D eigenvalue weighted by atomic mass is 9.95. The Morgan fingerprint density at radius 1 is 0.963 bits per heavy atom. The number of hydrogen-bond acceptors (Lipinski definition) is 3. The highest BCUT2D eigenvalue weighted by Gasteiger charge is 2.22. The van der Waals surface area contributed by atoms with Gasteiger partial charge >= 0.3 is 0 Å². The number of anilines is 1. The van der Waals surface area contributed by atoms with Crippen LogP contribution >= 0.6 is 0 Å². The third-order valence-corrected chi connectivity index (χ3v) is 5.74. The number of likely N-dealkylation sites (tertiary alicyclic amines) is 1. The van der Waals surface area contributed by atoms with Gasteiger partial charge in [-0.3, -0.25) is 9.59 Å². The second kappa shape index (κ2) is 9.77. The monoisotopic (exact) mass is 371 g/mol. The maximum absolute atomic E-state index is 12.8. The predicted molar refractivity (Wildman–Crippen MR) is 109 cm³/mol. The molecule has 0 atom stereocenters. The Kier molecular flexibility index (Phi) is 7.13. The van der Waals surface area contributed by atoms with Crippen LogP contribution in [0.5, 0.6) is 0 Å². The quantitative estimate of drug-likeness (QED) is 0.835. The molecule has 5 heteroatoms. The van der Waals surface area contributed by atoms with Crippen LogP contribution in [-0.4, -0.2) is 48.9 Å². The van der Waals surface area contributed by atoms with E-state index in [2.05, 4.69) is 5.32 Å². The number of hydrogen-bond donors (Lipinski definition) is 1. The van der Waals surface area contributed by atoms with Crippen LogP contribution in [0.2, 0.25) is 0 Å². The number of aryl methyl sites for hydroxylation is 1. The fraction of sp³-hybridized carbons (Fsp3) is 0.636. The highest BCUT2D eigenvalue weighted by molar-refractivity contribution is 5.86. The zero-order chi connectivity index (χ0) is 19.1. The molecule has 2 amide bonds. The van der Waals surface area contributed by atoms with Gasteiger partial charge in [-0.2, -0.15) is 0 Å². The van der Waals surface area contributed by atoms with E-state index in [1.54, 1.807) is 0 Å². The van der Waals surface area contributed by atoms with E-state index in [0.29, 0.717) is 6.04 Å². The van der Waals surface area contributed by atoms with Gasteiger partial charge in [0.1, 0.15) is 0 Å². The van der Waals surface area contributed by atoms with Crippen molar-refractivity contribution in [3.63, 3.8) is 0 Å². The molecule has 0 spiro atoms. The van der Waals surface area contributed by atoms with E-state index in [9.17, 15) is 9.59 Å². The number of nitrogens with one attached hydrogen (secondary N) is 1. The molecule has 1 heterocycles. The molecule has 3 rings (SSSR count). The third kappa shape index (κ3) is 5.98. The van der Waals surface area contributed by atoms with E-state index in [4.69, 9.17) is 0 Å². The lowest BCUT2D eigenvalue weighted by Gasteiger charge is -2.31. The summed E-state index contributed by atoms with van der Waals surface area (Å²) in [7, 11) is 0. The lowest BCUT2D eigenvalue weighted by molar-refractivity contribution is -0.130. The topological polar surface area (TPSA) is 52.7 Å². The number of nitrogens with zero attached hydrogens (tertiary/aromatic N) is 2. The van der Waals surface area contributed by atoms with Crippen LogP contribution in [0.3, 0.4) is 0 Å². The largest absolute Gasteiger partial charge is 0.353 e. The molecule has 1 aliphatic carbocycles. The second-order valence-corrected chi connectivity index (χ2v) is 8.04. The van der Waals surface area contributed by atoms with Crippen molar-refractivity contribution in [3.8, 4) is 0 Å². The molecule has 148 valence electrons. The van der Waals surface area contributed by atoms with Gasteiger partial charge in [0.15, 0.2) is 0 Å². The van der Waals surface area contributed by atoms with Crippen molar-refractivity contribution >= 4 is 17.5 Å². The Bertz CT molecular complexity index is 617. The van der Waals surface area contributed by atoms with Gasteiger partial charge in [0, 0.05) is 24.8 Å². The Morgan fingerprint density at radius 2 is 1.59 bits per heavy atom. The molecule has 1 aromatic rings. The van der Waals surface area contributed by atoms with Crippen LogP contribution < -0.4 is 10.2 Å². The number of carbonyl (C=O) groups is 2. The number of rotatable bonds is 6. The molecule has 0 aromatic heterocycles. The molecule has 1 aromatic carbocycles. The maximum atomic E-state index is 12.8. The summed E-state index contributed by atoms with van der Waals surface area (Å²) >= 11 is 0. The van der Waals surface area contributed by atoms with Crippen molar-refractivity contribution in [3.05, 3.63) is 29.8 Å². The van der Waals surface area contributed by atoms with Crippen molar-refractivity contribution in [2.45, 2.75) is 64.3 Å². The van der Waals surface area contributed by atoms with Gasteiger partial charge in [-0.1, -0.05) is 37.0 Å². The van der Waals surface area contributed by atoms with Gasteiger partial charge in [-0.05, 0) is 51.2 Å². The second-order valence-electron chi connectivity index (χ2n) is 8.04. The first-order chi connectivity index (χ1) is 13.1. The van der Waals surface area contributed by atoms with E-state index in [0.717, 1.165) is 44.5 Å². The van der Waals surface area contributed by atoms with Crippen LogP contribution in [0.4, 0.5) is 5.69 Å². The predicted octanol–water partition coefficient (Wildman–Crippen LogP) is 3.26. The molecule has 2 aliphatic rings. The van der Waals surface area contributed by atoms with Gasteiger partial charge < -0.3 is 15.1 Å². The van der Waals surface area contributed by atoms with Gasteiger partial charge in [0.05, 0.1) is 13.1 Å². The zero-order valence-corrected chi connectivity index (χ0v) is 16.6. The Labute approximate surface area is 163 Å². The first-order valence-corrected chi connectivity index (χ1v) is 10.5. The van der Waals surface area contributed by atoms with Crippen molar-refractivity contribution in [2.24, 2.45) is 0 Å². The third-order valence-electron chi connectivity index (χ3n) is 5.74. The molecule has 27 heavy (non-hydrogen) atoms. The first-order valence-electron chi connectivity index (χ1n) is 10.5. The molecular formula is C22H33N3O2. The maximum Gasteiger partial charge on any atom is 0.242 e. The summed E-state index contributed by atoms with van der Waals surface area (Å²) in [4.78, 5) is 29.3. The van der Waals surface area contributed by atoms with E-state index in [1.165, 1.54) is 31.2 Å². The van der Waals surface area contributed by atoms with Gasteiger partial charge in [-0.25, -0.2) is 0 Å². The minimum Gasteiger partial charge on any atom is -0.353 e. The molecule has 0 unspecified atom stereocenters. The standard InChI is InChI=1S/C22H33N3O2/c1-18-10-12-20(13-11-18)25(17-22(27)24-14-6-3-7-15-24)16-21(26)23-19-8-4-2-5-9-19/h10-13,19H,2-9,14-17H2,1H3,(H,23,26). The minimum absolute atomic E-state index is 0.0221. The molecule has 0 radical (unpaired) electrons. The summed E-state index contributed by atoms with van der Waals surface area (Å²) in [5.41, 5.74) is 2.11. The molecule has 1 saturated carbocycles. The smallest absolute Gasteiger partial charge is 0.242 e. The van der Waals surface area contributed by atoms with Crippen LogP contribution in [0.25, 0.3) is 0 Å². The van der Waals surface area contributed by atoms with Crippen molar-refractivity contribution < 1.29 is 9.59 Å². The SMILES string of the molecule is Cc1ccc(N(CC(=O)NC2CCCCC2)CC(=O)N2CCCCC2)cc1. The summed E-state index contributed by atoms with van der Waals surface area (Å²) in [5.74, 6) is 0.148. The van der Waals surface area contributed by atoms with Gasteiger partial charge in [-0.15, -0.1) is 0 Å². The highest BCUT2D eigenvalue weighted by atomic mass is 16.2. The van der Waals surface area contributed by atoms with Gasteiger partial charge in [0.25, 0.3) is 0 Å². The molecule has 5 nitrogen and oxygen atoms in total. The van der Waals surface area contributed by atoms with Crippen molar-refractivity contribution in [2.75, 3.05) is 31.1 Å². The average molecular weight is 372 g/mol. The molecule has 1 saturated heterocycles. The fourth-order valence-corrected chi connectivity index (χ4v) is 4.09. The number of amides is 2. The van der Waals surface area contributed by atoms with E-state index in [-0.39, 0.29) is 24.9 Å². The van der Waals surface area contributed by atoms with Crippen molar-refractivity contribution in [1.29, 1.82) is 0 Å². The molecule has 2 fully saturated rings. The Hall–Kier alpha value is -2.04.